The number of nitrogens with zero attached hydrogens (tertiary/aromatic N) is 1. The molecule has 2 rings (SSSR count). The molecule has 0 aromatic heterocycles. The lowest BCUT2D eigenvalue weighted by molar-refractivity contribution is -0.128. The molecule has 1 saturated carbocycles. The van der Waals surface area contributed by atoms with E-state index in [9.17, 15) is 9.59 Å². The van der Waals surface area contributed by atoms with E-state index in [4.69, 9.17) is 5.73 Å². The first-order valence-corrected chi connectivity index (χ1v) is 6.32. The Hall–Kier alpha value is -1.10. The predicted molar refractivity (Wildman–Crippen MR) is 64.0 cm³/mol. The van der Waals surface area contributed by atoms with E-state index in [0.717, 1.165) is 6.42 Å². The zero-order chi connectivity index (χ0) is 12.6. The molecule has 96 valence electrons. The fourth-order valence-corrected chi connectivity index (χ4v) is 2.34. The number of carbonyl (C=O) groups excluding carboxylic acids is 2. The SMILES string of the molecule is CC(CN)C(=O)NC1CC(=O)N(C2CC2C)C1. The van der Waals surface area contributed by atoms with Crippen molar-refractivity contribution in [3.05, 3.63) is 0 Å². The van der Waals surface area contributed by atoms with Crippen LogP contribution in [-0.4, -0.2) is 41.9 Å². The van der Waals surface area contributed by atoms with Crippen LogP contribution in [0.3, 0.4) is 0 Å². The van der Waals surface area contributed by atoms with Gasteiger partial charge in [-0.2, -0.15) is 0 Å². The van der Waals surface area contributed by atoms with Crippen molar-refractivity contribution in [2.24, 2.45) is 17.6 Å². The predicted octanol–water partition coefficient (Wildman–Crippen LogP) is -0.293. The van der Waals surface area contributed by atoms with Crippen molar-refractivity contribution in [3.8, 4) is 0 Å². The number of rotatable bonds is 4. The maximum Gasteiger partial charge on any atom is 0.225 e. The first-order chi connectivity index (χ1) is 8.02. The third-order valence-corrected chi connectivity index (χ3v) is 3.77. The average molecular weight is 239 g/mol. The zero-order valence-electron chi connectivity index (χ0n) is 10.5. The number of carbonyl (C=O) groups is 2. The summed E-state index contributed by atoms with van der Waals surface area (Å²) in [4.78, 5) is 25.4. The quantitative estimate of drug-likeness (QED) is 0.707. The number of likely N-dealkylation sites (tertiary alicyclic amines) is 1. The second-order valence-electron chi connectivity index (χ2n) is 5.37. The summed E-state index contributed by atoms with van der Waals surface area (Å²) in [5.41, 5.74) is 5.44. The van der Waals surface area contributed by atoms with E-state index in [1.807, 2.05) is 4.90 Å². The Morgan fingerprint density at radius 2 is 2.29 bits per heavy atom. The van der Waals surface area contributed by atoms with Gasteiger partial charge in [0.15, 0.2) is 0 Å². The van der Waals surface area contributed by atoms with Crippen LogP contribution in [0.4, 0.5) is 0 Å². The summed E-state index contributed by atoms with van der Waals surface area (Å²) >= 11 is 0. The van der Waals surface area contributed by atoms with E-state index < -0.39 is 0 Å². The van der Waals surface area contributed by atoms with Crippen LogP contribution in [0.5, 0.6) is 0 Å². The van der Waals surface area contributed by atoms with Crippen molar-refractivity contribution in [1.29, 1.82) is 0 Å². The Bertz CT molecular complexity index is 330. The van der Waals surface area contributed by atoms with Gasteiger partial charge in [0.1, 0.15) is 0 Å². The molecule has 0 aromatic rings. The van der Waals surface area contributed by atoms with Gasteiger partial charge in [-0.05, 0) is 12.3 Å². The molecule has 5 heteroatoms. The molecule has 1 aliphatic heterocycles. The minimum atomic E-state index is -0.181. The number of amides is 2. The third kappa shape index (κ3) is 2.60. The minimum Gasteiger partial charge on any atom is -0.351 e. The van der Waals surface area contributed by atoms with Crippen molar-refractivity contribution in [1.82, 2.24) is 10.2 Å². The van der Waals surface area contributed by atoms with Crippen LogP contribution in [0.25, 0.3) is 0 Å². The van der Waals surface area contributed by atoms with Crippen molar-refractivity contribution in [2.75, 3.05) is 13.1 Å². The summed E-state index contributed by atoms with van der Waals surface area (Å²) in [6.45, 7) is 4.96. The summed E-state index contributed by atoms with van der Waals surface area (Å²) in [6.07, 6.45) is 1.54. The fourth-order valence-electron chi connectivity index (χ4n) is 2.34. The van der Waals surface area contributed by atoms with Crippen LogP contribution in [0.1, 0.15) is 26.7 Å². The number of nitrogens with one attached hydrogen (secondary N) is 1. The van der Waals surface area contributed by atoms with Gasteiger partial charge in [0.25, 0.3) is 0 Å². The Morgan fingerprint density at radius 1 is 1.65 bits per heavy atom. The lowest BCUT2D eigenvalue weighted by Crippen LogP contribution is -2.42. The molecule has 2 aliphatic rings. The highest BCUT2D eigenvalue weighted by molar-refractivity contribution is 5.83. The molecule has 0 bridgehead atoms. The number of hydrogen-bond donors (Lipinski definition) is 2. The van der Waals surface area contributed by atoms with Gasteiger partial charge in [0, 0.05) is 31.5 Å². The molecular weight excluding hydrogens is 218 g/mol. The first-order valence-electron chi connectivity index (χ1n) is 6.32. The maximum atomic E-state index is 11.8. The van der Waals surface area contributed by atoms with Crippen LogP contribution in [0.2, 0.25) is 0 Å². The van der Waals surface area contributed by atoms with E-state index in [1.165, 1.54) is 0 Å². The van der Waals surface area contributed by atoms with Gasteiger partial charge in [-0.3, -0.25) is 9.59 Å². The number of hydrogen-bond acceptors (Lipinski definition) is 3. The lowest BCUT2D eigenvalue weighted by atomic mass is 10.1. The largest absolute Gasteiger partial charge is 0.351 e. The summed E-state index contributed by atoms with van der Waals surface area (Å²) in [5.74, 6) is 0.566. The van der Waals surface area contributed by atoms with E-state index in [2.05, 4.69) is 12.2 Å². The monoisotopic (exact) mass is 239 g/mol. The van der Waals surface area contributed by atoms with Gasteiger partial charge in [-0.25, -0.2) is 0 Å². The second-order valence-corrected chi connectivity index (χ2v) is 5.37. The van der Waals surface area contributed by atoms with Crippen LogP contribution in [0.15, 0.2) is 0 Å². The molecule has 0 radical (unpaired) electrons. The molecule has 0 spiro atoms. The van der Waals surface area contributed by atoms with Gasteiger partial charge < -0.3 is 16.0 Å². The van der Waals surface area contributed by atoms with Crippen LogP contribution in [-0.2, 0) is 9.59 Å². The molecule has 2 amide bonds. The summed E-state index contributed by atoms with van der Waals surface area (Å²) < 4.78 is 0. The molecule has 3 N–H and O–H groups in total. The van der Waals surface area contributed by atoms with Crippen LogP contribution < -0.4 is 11.1 Å². The molecule has 5 nitrogen and oxygen atoms in total. The van der Waals surface area contributed by atoms with Crippen molar-refractivity contribution in [3.63, 3.8) is 0 Å². The van der Waals surface area contributed by atoms with Crippen molar-refractivity contribution in [2.45, 2.75) is 38.8 Å². The smallest absolute Gasteiger partial charge is 0.225 e. The lowest BCUT2D eigenvalue weighted by Gasteiger charge is -2.18. The molecule has 2 fully saturated rings. The highest BCUT2D eigenvalue weighted by Gasteiger charge is 2.44. The highest BCUT2D eigenvalue weighted by Crippen LogP contribution is 2.37. The zero-order valence-corrected chi connectivity index (χ0v) is 10.5. The molecule has 4 unspecified atom stereocenters. The Labute approximate surface area is 102 Å². The van der Waals surface area contributed by atoms with E-state index in [1.54, 1.807) is 6.92 Å². The minimum absolute atomic E-state index is 0.0307. The maximum absolute atomic E-state index is 11.8. The van der Waals surface area contributed by atoms with Crippen LogP contribution >= 0.6 is 0 Å². The van der Waals surface area contributed by atoms with Gasteiger partial charge >= 0.3 is 0 Å². The number of nitrogens with two attached hydrogens (primary N) is 1. The summed E-state index contributed by atoms with van der Waals surface area (Å²) in [6, 6.07) is 0.383. The molecule has 17 heavy (non-hydrogen) atoms. The molecule has 0 aromatic carbocycles. The fraction of sp³-hybridized carbons (Fsp3) is 0.833. The standard InChI is InChI=1S/C12H21N3O2/c1-7-3-10(7)15-6-9(4-11(15)16)14-12(17)8(2)5-13/h7-10H,3-6,13H2,1-2H3,(H,14,17). The second kappa shape index (κ2) is 4.64. The van der Waals surface area contributed by atoms with E-state index in [-0.39, 0.29) is 23.8 Å². The van der Waals surface area contributed by atoms with Crippen LogP contribution in [0, 0.1) is 11.8 Å². The van der Waals surface area contributed by atoms with Gasteiger partial charge in [-0.1, -0.05) is 13.8 Å². The molecule has 4 atom stereocenters. The first kappa shape index (κ1) is 12.4. The topological polar surface area (TPSA) is 75.4 Å². The average Bonchev–Trinajstić information content (AvgIpc) is 2.89. The molecular formula is C12H21N3O2. The molecule has 1 saturated heterocycles. The van der Waals surface area contributed by atoms with E-state index >= 15 is 0 Å². The van der Waals surface area contributed by atoms with Gasteiger partial charge in [0.05, 0.1) is 6.04 Å². The highest BCUT2D eigenvalue weighted by atomic mass is 16.2. The van der Waals surface area contributed by atoms with Gasteiger partial charge in [-0.15, -0.1) is 0 Å². The van der Waals surface area contributed by atoms with Gasteiger partial charge in [0.2, 0.25) is 11.8 Å². The van der Waals surface area contributed by atoms with Crippen molar-refractivity contribution < 1.29 is 9.59 Å². The van der Waals surface area contributed by atoms with E-state index in [0.29, 0.717) is 31.5 Å². The Kier molecular flexibility index (Phi) is 3.38. The summed E-state index contributed by atoms with van der Waals surface area (Å²) in [7, 11) is 0. The summed E-state index contributed by atoms with van der Waals surface area (Å²) in [5, 5.41) is 2.91. The normalized spacial score (nSPS) is 33.7. The molecule has 1 heterocycles. The van der Waals surface area contributed by atoms with Crippen molar-refractivity contribution >= 4 is 11.8 Å². The third-order valence-electron chi connectivity index (χ3n) is 3.77. The molecule has 1 aliphatic carbocycles. The Morgan fingerprint density at radius 3 is 2.82 bits per heavy atom. The Balaban J connectivity index is 1.84.